The average Bonchev–Trinajstić information content (AvgIpc) is 2.55. The van der Waals surface area contributed by atoms with E-state index in [2.05, 4.69) is 22.3 Å². The van der Waals surface area contributed by atoms with Crippen LogP contribution in [-0.4, -0.2) is 48.2 Å². The van der Waals surface area contributed by atoms with Gasteiger partial charge < -0.3 is 9.64 Å². The lowest BCUT2D eigenvalue weighted by molar-refractivity contribution is -0.158. The molecular weight excluding hydrogens is 300 g/mol. The van der Waals surface area contributed by atoms with Crippen LogP contribution in [0.5, 0.6) is 0 Å². The number of ether oxygens (including phenoxy) is 1. The first-order valence-corrected chi connectivity index (χ1v) is 9.16. The van der Waals surface area contributed by atoms with E-state index in [0.717, 1.165) is 6.54 Å². The molecule has 4 rings (SSSR count). The monoisotopic (exact) mass is 330 g/mol. The number of fused-ring (bicyclic) bond motifs is 3. The Morgan fingerprint density at radius 1 is 1.25 bits per heavy atom. The fraction of sp³-hybridized carbons (Fsp3) is 0.650. The third kappa shape index (κ3) is 4.58. The highest BCUT2D eigenvalue weighted by atomic mass is 16.6. The number of benzene rings is 1. The first-order valence-electron chi connectivity index (χ1n) is 9.16. The lowest BCUT2D eigenvalue weighted by Gasteiger charge is -2.46. The second kappa shape index (κ2) is 7.24. The largest absolute Gasteiger partial charge is 0.459 e. The molecule has 0 aromatic heterocycles. The Labute approximate surface area is 145 Å². The maximum Gasteiger partial charge on any atom is 0.324 e. The van der Waals surface area contributed by atoms with E-state index in [4.69, 9.17) is 4.74 Å². The molecule has 0 amide bonds. The molecular formula is C20H30N2O2. The molecule has 1 aromatic carbocycles. The fourth-order valence-electron chi connectivity index (χ4n) is 3.85. The zero-order valence-corrected chi connectivity index (χ0v) is 15.1. The minimum absolute atomic E-state index is 0.136. The molecule has 4 heteroatoms. The number of carbonyl (C=O) groups is 1. The van der Waals surface area contributed by atoms with E-state index in [1.807, 2.05) is 39.0 Å². The fourth-order valence-corrected chi connectivity index (χ4v) is 3.85. The van der Waals surface area contributed by atoms with Crippen molar-refractivity contribution < 1.29 is 9.53 Å². The molecule has 3 heterocycles. The standard InChI is InChI=1S/C20H30N2O2/c1-20(2,3)24-19(23)17(13-15-7-5-4-6-8-15)21-18-14-22-11-9-16(18)10-12-22/h4-8,16-18,21H,9-14H2,1-3H3/t17-,18?/m0/s1. The molecule has 2 atom stereocenters. The zero-order chi connectivity index (χ0) is 17.2. The highest BCUT2D eigenvalue weighted by Crippen LogP contribution is 2.28. The summed E-state index contributed by atoms with van der Waals surface area (Å²) in [5.74, 6) is 0.554. The molecule has 0 spiro atoms. The summed E-state index contributed by atoms with van der Waals surface area (Å²) in [6, 6.07) is 10.3. The maximum atomic E-state index is 12.7. The van der Waals surface area contributed by atoms with E-state index < -0.39 is 5.60 Å². The van der Waals surface area contributed by atoms with Crippen molar-refractivity contribution in [1.82, 2.24) is 10.2 Å². The van der Waals surface area contributed by atoms with Gasteiger partial charge in [0.1, 0.15) is 11.6 Å². The smallest absolute Gasteiger partial charge is 0.324 e. The van der Waals surface area contributed by atoms with Gasteiger partial charge in [-0.05, 0) is 64.6 Å². The van der Waals surface area contributed by atoms with Gasteiger partial charge in [-0.2, -0.15) is 0 Å². The van der Waals surface area contributed by atoms with Gasteiger partial charge in [0, 0.05) is 12.6 Å². The molecule has 1 aromatic rings. The van der Waals surface area contributed by atoms with Gasteiger partial charge in [-0.1, -0.05) is 30.3 Å². The molecule has 132 valence electrons. The van der Waals surface area contributed by atoms with Crippen molar-refractivity contribution >= 4 is 5.97 Å². The molecule has 3 saturated heterocycles. The second-order valence-electron chi connectivity index (χ2n) is 8.19. The third-order valence-electron chi connectivity index (χ3n) is 5.05. The quantitative estimate of drug-likeness (QED) is 0.843. The summed E-state index contributed by atoms with van der Waals surface area (Å²) in [6.45, 7) is 9.26. The van der Waals surface area contributed by atoms with Crippen LogP contribution >= 0.6 is 0 Å². The Hall–Kier alpha value is -1.39. The van der Waals surface area contributed by atoms with E-state index in [-0.39, 0.29) is 12.0 Å². The number of hydrogen-bond donors (Lipinski definition) is 1. The van der Waals surface area contributed by atoms with Gasteiger partial charge in [-0.25, -0.2) is 0 Å². The molecule has 0 aliphatic carbocycles. The predicted octanol–water partition coefficient (Wildman–Crippen LogP) is 2.62. The van der Waals surface area contributed by atoms with Crippen LogP contribution in [0.25, 0.3) is 0 Å². The summed E-state index contributed by atoms with van der Waals surface area (Å²) in [6.07, 6.45) is 3.16. The second-order valence-corrected chi connectivity index (χ2v) is 8.19. The normalized spacial score (nSPS) is 27.7. The van der Waals surface area contributed by atoms with Crippen molar-refractivity contribution in [2.24, 2.45) is 5.92 Å². The summed E-state index contributed by atoms with van der Waals surface area (Å²) in [5, 5.41) is 3.64. The lowest BCUT2D eigenvalue weighted by Crippen LogP contribution is -2.60. The van der Waals surface area contributed by atoms with Crippen LogP contribution in [0.4, 0.5) is 0 Å². The molecule has 3 aliphatic rings. The summed E-state index contributed by atoms with van der Waals surface area (Å²) in [4.78, 5) is 15.3. The van der Waals surface area contributed by atoms with Gasteiger partial charge in [0.2, 0.25) is 0 Å². The van der Waals surface area contributed by atoms with Crippen molar-refractivity contribution in [3.8, 4) is 0 Å². The first-order chi connectivity index (χ1) is 11.4. The van der Waals surface area contributed by atoms with Gasteiger partial charge in [-0.3, -0.25) is 10.1 Å². The Bertz CT molecular complexity index is 545. The Morgan fingerprint density at radius 2 is 1.92 bits per heavy atom. The van der Waals surface area contributed by atoms with E-state index in [1.54, 1.807) is 0 Å². The highest BCUT2D eigenvalue weighted by molar-refractivity contribution is 5.76. The van der Waals surface area contributed by atoms with Crippen molar-refractivity contribution in [2.75, 3.05) is 19.6 Å². The van der Waals surface area contributed by atoms with E-state index in [1.165, 1.54) is 31.5 Å². The van der Waals surface area contributed by atoms with E-state index in [0.29, 0.717) is 18.4 Å². The number of piperidine rings is 3. The minimum atomic E-state index is -0.456. The van der Waals surface area contributed by atoms with Crippen LogP contribution in [0.3, 0.4) is 0 Å². The van der Waals surface area contributed by atoms with Crippen LogP contribution in [0, 0.1) is 5.92 Å². The molecule has 1 N–H and O–H groups in total. The minimum Gasteiger partial charge on any atom is -0.459 e. The maximum absolute atomic E-state index is 12.7. The summed E-state index contributed by atoms with van der Waals surface area (Å²) >= 11 is 0. The highest BCUT2D eigenvalue weighted by Gasteiger charge is 2.37. The topological polar surface area (TPSA) is 41.6 Å². The van der Waals surface area contributed by atoms with Crippen LogP contribution in [0.15, 0.2) is 30.3 Å². The number of rotatable bonds is 5. The number of nitrogens with one attached hydrogen (secondary N) is 1. The Balaban J connectivity index is 1.70. The van der Waals surface area contributed by atoms with Gasteiger partial charge >= 0.3 is 5.97 Å². The SMILES string of the molecule is CC(C)(C)OC(=O)[C@H](Cc1ccccc1)NC1CN2CCC1CC2. The Kier molecular flexibility index (Phi) is 5.26. The molecule has 0 radical (unpaired) electrons. The van der Waals surface area contributed by atoms with Crippen molar-refractivity contribution in [2.45, 2.75) is 57.7 Å². The van der Waals surface area contributed by atoms with Gasteiger partial charge in [0.15, 0.2) is 0 Å². The van der Waals surface area contributed by atoms with Crippen LogP contribution in [0.2, 0.25) is 0 Å². The van der Waals surface area contributed by atoms with Crippen LogP contribution < -0.4 is 5.32 Å². The van der Waals surface area contributed by atoms with Gasteiger partial charge in [-0.15, -0.1) is 0 Å². The molecule has 4 nitrogen and oxygen atoms in total. The average molecular weight is 330 g/mol. The predicted molar refractivity (Wildman–Crippen MR) is 95.9 cm³/mol. The number of carbonyl (C=O) groups excluding carboxylic acids is 1. The first kappa shape index (κ1) is 17.4. The third-order valence-corrected chi connectivity index (χ3v) is 5.05. The van der Waals surface area contributed by atoms with Crippen LogP contribution in [-0.2, 0) is 16.0 Å². The van der Waals surface area contributed by atoms with E-state index in [9.17, 15) is 4.79 Å². The van der Waals surface area contributed by atoms with Gasteiger partial charge in [0.25, 0.3) is 0 Å². The van der Waals surface area contributed by atoms with Gasteiger partial charge in [0.05, 0.1) is 0 Å². The van der Waals surface area contributed by atoms with E-state index >= 15 is 0 Å². The number of hydrogen-bond acceptors (Lipinski definition) is 4. The number of esters is 1. The molecule has 0 saturated carbocycles. The van der Waals surface area contributed by atoms with Crippen molar-refractivity contribution in [1.29, 1.82) is 0 Å². The molecule has 2 bridgehead atoms. The van der Waals surface area contributed by atoms with Crippen molar-refractivity contribution in [3.63, 3.8) is 0 Å². The van der Waals surface area contributed by atoms with Crippen molar-refractivity contribution in [3.05, 3.63) is 35.9 Å². The van der Waals surface area contributed by atoms with Crippen LogP contribution in [0.1, 0.15) is 39.2 Å². The molecule has 24 heavy (non-hydrogen) atoms. The summed E-state index contributed by atoms with van der Waals surface area (Å²) < 4.78 is 5.68. The molecule has 1 unspecified atom stereocenters. The summed E-state index contributed by atoms with van der Waals surface area (Å²) in [7, 11) is 0. The number of nitrogens with zero attached hydrogens (tertiary/aromatic N) is 1. The Morgan fingerprint density at radius 3 is 2.46 bits per heavy atom. The zero-order valence-electron chi connectivity index (χ0n) is 15.1. The lowest BCUT2D eigenvalue weighted by atomic mass is 9.83. The molecule has 3 fully saturated rings. The molecule has 3 aliphatic heterocycles. The summed E-state index contributed by atoms with van der Waals surface area (Å²) in [5.41, 5.74) is 0.713.